The standard InChI is InChI=1S/C15H15F3N2O/c1-10(2)11-3-5-12(6-4-11)14(21)9-20-8-13(7-19-20)15(16,17)18/h3-8,10H,9H2,1-2H3. The number of carbonyl (C=O) groups excluding carboxylic acids is 1. The fraction of sp³-hybridized carbons (Fsp3) is 0.333. The lowest BCUT2D eigenvalue weighted by molar-refractivity contribution is -0.137. The minimum absolute atomic E-state index is 0.211. The Kier molecular flexibility index (Phi) is 4.16. The minimum Gasteiger partial charge on any atom is -0.292 e. The van der Waals surface area contributed by atoms with Gasteiger partial charge in [0.2, 0.25) is 0 Å². The maximum Gasteiger partial charge on any atom is 0.419 e. The fourth-order valence-electron chi connectivity index (χ4n) is 1.89. The van der Waals surface area contributed by atoms with Crippen LogP contribution < -0.4 is 0 Å². The van der Waals surface area contributed by atoms with Gasteiger partial charge in [0, 0.05) is 11.8 Å². The lowest BCUT2D eigenvalue weighted by atomic mass is 10.0. The van der Waals surface area contributed by atoms with Crippen LogP contribution >= 0.6 is 0 Å². The van der Waals surface area contributed by atoms with E-state index in [9.17, 15) is 18.0 Å². The molecule has 0 unspecified atom stereocenters. The van der Waals surface area contributed by atoms with E-state index in [1.807, 2.05) is 26.0 Å². The first-order chi connectivity index (χ1) is 9.77. The van der Waals surface area contributed by atoms with Gasteiger partial charge in [-0.3, -0.25) is 9.48 Å². The third-order valence-corrected chi connectivity index (χ3v) is 3.17. The van der Waals surface area contributed by atoms with Crippen molar-refractivity contribution in [1.29, 1.82) is 0 Å². The number of hydrogen-bond acceptors (Lipinski definition) is 2. The molecule has 6 heteroatoms. The van der Waals surface area contributed by atoms with E-state index < -0.39 is 11.7 Å². The molecule has 21 heavy (non-hydrogen) atoms. The van der Waals surface area contributed by atoms with Crippen molar-refractivity contribution in [2.75, 3.05) is 0 Å². The Labute approximate surface area is 120 Å². The molecule has 112 valence electrons. The van der Waals surface area contributed by atoms with Crippen LogP contribution in [-0.2, 0) is 12.7 Å². The van der Waals surface area contributed by atoms with E-state index >= 15 is 0 Å². The molecule has 0 radical (unpaired) electrons. The van der Waals surface area contributed by atoms with Crippen molar-refractivity contribution < 1.29 is 18.0 Å². The molecule has 0 aliphatic heterocycles. The molecule has 0 atom stereocenters. The molecule has 0 bridgehead atoms. The lowest BCUT2D eigenvalue weighted by Gasteiger charge is -2.06. The zero-order chi connectivity index (χ0) is 15.6. The lowest BCUT2D eigenvalue weighted by Crippen LogP contribution is -2.11. The molecule has 0 amide bonds. The summed E-state index contributed by atoms with van der Waals surface area (Å²) in [7, 11) is 0. The summed E-state index contributed by atoms with van der Waals surface area (Å²) in [6, 6.07) is 7.07. The van der Waals surface area contributed by atoms with Crippen LogP contribution in [0, 0.1) is 0 Å². The highest BCUT2D eigenvalue weighted by molar-refractivity contribution is 5.95. The van der Waals surface area contributed by atoms with Crippen molar-refractivity contribution in [3.8, 4) is 0 Å². The first-order valence-electron chi connectivity index (χ1n) is 6.50. The topological polar surface area (TPSA) is 34.9 Å². The Hall–Kier alpha value is -2.11. The molecule has 0 saturated carbocycles. The number of alkyl halides is 3. The van der Waals surface area contributed by atoms with Gasteiger partial charge in [-0.05, 0) is 11.5 Å². The normalized spacial score (nSPS) is 11.9. The summed E-state index contributed by atoms with van der Waals surface area (Å²) in [5, 5.41) is 3.57. The number of rotatable bonds is 4. The average molecular weight is 296 g/mol. The summed E-state index contributed by atoms with van der Waals surface area (Å²) in [5.41, 5.74) is 0.707. The Bertz CT molecular complexity index is 627. The summed E-state index contributed by atoms with van der Waals surface area (Å²) in [5.74, 6) is 0.0803. The van der Waals surface area contributed by atoms with E-state index in [0.29, 0.717) is 11.5 Å². The number of ketones is 1. The SMILES string of the molecule is CC(C)c1ccc(C(=O)Cn2cc(C(F)(F)F)cn2)cc1. The second-order valence-electron chi connectivity index (χ2n) is 5.12. The molecule has 0 aliphatic rings. The number of nitrogens with zero attached hydrogens (tertiary/aromatic N) is 2. The fourth-order valence-corrected chi connectivity index (χ4v) is 1.89. The van der Waals surface area contributed by atoms with Crippen molar-refractivity contribution in [3.63, 3.8) is 0 Å². The summed E-state index contributed by atoms with van der Waals surface area (Å²) in [4.78, 5) is 12.0. The van der Waals surface area contributed by atoms with Crippen molar-refractivity contribution in [2.45, 2.75) is 32.5 Å². The van der Waals surface area contributed by atoms with E-state index in [2.05, 4.69) is 5.10 Å². The number of halogens is 3. The van der Waals surface area contributed by atoms with Crippen LogP contribution in [0.4, 0.5) is 13.2 Å². The first-order valence-corrected chi connectivity index (χ1v) is 6.50. The summed E-state index contributed by atoms with van der Waals surface area (Å²) in [6.45, 7) is 3.87. The molecular formula is C15H15F3N2O. The Morgan fingerprint density at radius 2 is 1.86 bits per heavy atom. The van der Waals surface area contributed by atoms with Crippen LogP contribution in [0.1, 0.15) is 41.3 Å². The van der Waals surface area contributed by atoms with Gasteiger partial charge in [0.05, 0.1) is 11.8 Å². The largest absolute Gasteiger partial charge is 0.419 e. The van der Waals surface area contributed by atoms with Crippen molar-refractivity contribution in [1.82, 2.24) is 9.78 Å². The Balaban J connectivity index is 2.09. The third-order valence-electron chi connectivity index (χ3n) is 3.17. The molecule has 1 aromatic heterocycles. The predicted octanol–water partition coefficient (Wildman–Crippen LogP) is 3.91. The second-order valence-corrected chi connectivity index (χ2v) is 5.12. The van der Waals surface area contributed by atoms with E-state index in [4.69, 9.17) is 0 Å². The van der Waals surface area contributed by atoms with Crippen LogP contribution in [0.15, 0.2) is 36.7 Å². The molecule has 0 aliphatic carbocycles. The maximum absolute atomic E-state index is 12.4. The average Bonchev–Trinajstić information content (AvgIpc) is 2.87. The van der Waals surface area contributed by atoms with Gasteiger partial charge in [0.15, 0.2) is 5.78 Å². The van der Waals surface area contributed by atoms with Crippen molar-refractivity contribution in [3.05, 3.63) is 53.3 Å². The van der Waals surface area contributed by atoms with Gasteiger partial charge < -0.3 is 0 Å². The number of aromatic nitrogens is 2. The van der Waals surface area contributed by atoms with Crippen molar-refractivity contribution >= 4 is 5.78 Å². The second kappa shape index (κ2) is 5.71. The van der Waals surface area contributed by atoms with Gasteiger partial charge in [0.25, 0.3) is 0 Å². The van der Waals surface area contributed by atoms with Gasteiger partial charge in [-0.2, -0.15) is 18.3 Å². The molecule has 0 N–H and O–H groups in total. The quantitative estimate of drug-likeness (QED) is 0.802. The number of Topliss-reactive ketones (excluding diaryl/α,β-unsaturated/α-hetero) is 1. The van der Waals surface area contributed by atoms with Crippen LogP contribution in [0.3, 0.4) is 0 Å². The summed E-state index contributed by atoms with van der Waals surface area (Å²) in [6.07, 6.45) is -2.89. The zero-order valence-corrected chi connectivity index (χ0v) is 11.7. The molecule has 3 nitrogen and oxygen atoms in total. The Morgan fingerprint density at radius 1 is 1.24 bits per heavy atom. The van der Waals surface area contributed by atoms with E-state index in [1.165, 1.54) is 0 Å². The van der Waals surface area contributed by atoms with Crippen LogP contribution in [-0.4, -0.2) is 15.6 Å². The van der Waals surface area contributed by atoms with E-state index in [0.717, 1.165) is 22.6 Å². The van der Waals surface area contributed by atoms with E-state index in [1.54, 1.807) is 12.1 Å². The maximum atomic E-state index is 12.4. The van der Waals surface area contributed by atoms with Crippen LogP contribution in [0.5, 0.6) is 0 Å². The Morgan fingerprint density at radius 3 is 2.33 bits per heavy atom. The summed E-state index contributed by atoms with van der Waals surface area (Å²) >= 11 is 0. The van der Waals surface area contributed by atoms with Crippen molar-refractivity contribution in [2.24, 2.45) is 0 Å². The molecule has 0 fully saturated rings. The molecular weight excluding hydrogens is 281 g/mol. The summed E-state index contributed by atoms with van der Waals surface area (Å²) < 4.78 is 38.3. The molecule has 1 aromatic carbocycles. The monoisotopic (exact) mass is 296 g/mol. The number of hydrogen-bond donors (Lipinski definition) is 0. The van der Waals surface area contributed by atoms with Gasteiger partial charge in [-0.25, -0.2) is 0 Å². The molecule has 0 saturated heterocycles. The molecule has 0 spiro atoms. The molecule has 2 rings (SSSR count). The van der Waals surface area contributed by atoms with Crippen LogP contribution in [0.25, 0.3) is 0 Å². The third kappa shape index (κ3) is 3.71. The first kappa shape index (κ1) is 15.3. The minimum atomic E-state index is -4.44. The van der Waals surface area contributed by atoms with Gasteiger partial charge in [-0.15, -0.1) is 0 Å². The highest BCUT2D eigenvalue weighted by atomic mass is 19.4. The van der Waals surface area contributed by atoms with Gasteiger partial charge >= 0.3 is 6.18 Å². The number of carbonyl (C=O) groups is 1. The van der Waals surface area contributed by atoms with Gasteiger partial charge in [0.1, 0.15) is 6.54 Å². The van der Waals surface area contributed by atoms with Gasteiger partial charge in [-0.1, -0.05) is 38.1 Å². The number of benzene rings is 1. The molecule has 2 aromatic rings. The smallest absolute Gasteiger partial charge is 0.292 e. The zero-order valence-electron chi connectivity index (χ0n) is 11.7. The molecule has 1 heterocycles. The highest BCUT2D eigenvalue weighted by Crippen LogP contribution is 2.28. The highest BCUT2D eigenvalue weighted by Gasteiger charge is 2.32. The predicted molar refractivity (Wildman–Crippen MR) is 72.1 cm³/mol. The van der Waals surface area contributed by atoms with Crippen LogP contribution in [0.2, 0.25) is 0 Å². The van der Waals surface area contributed by atoms with E-state index in [-0.39, 0.29) is 12.3 Å².